The molecule has 27 heavy (non-hydrogen) atoms. The van der Waals surface area contributed by atoms with Crippen molar-refractivity contribution < 1.29 is 27.8 Å². The second-order valence-corrected chi connectivity index (χ2v) is 6.37. The summed E-state index contributed by atoms with van der Waals surface area (Å²) in [4.78, 5) is 18.2. The van der Waals surface area contributed by atoms with Crippen LogP contribution in [0.25, 0.3) is 0 Å². The van der Waals surface area contributed by atoms with Crippen molar-refractivity contribution >= 4 is 17.5 Å². The molecule has 0 aliphatic heterocycles. The number of nitrogens with two attached hydrogens (primary N) is 1. The van der Waals surface area contributed by atoms with Crippen LogP contribution in [0.1, 0.15) is 29.8 Å². The highest BCUT2D eigenvalue weighted by atomic mass is 35.5. The maximum absolute atomic E-state index is 13.8. The van der Waals surface area contributed by atoms with Gasteiger partial charge in [-0.2, -0.15) is 13.2 Å². The number of hydrogen-bond donors (Lipinski definition) is 2. The van der Waals surface area contributed by atoms with Gasteiger partial charge in [0, 0.05) is 17.1 Å². The Morgan fingerprint density at radius 2 is 2.00 bits per heavy atom. The van der Waals surface area contributed by atoms with Gasteiger partial charge in [0.1, 0.15) is 11.4 Å². The molecule has 2 atom stereocenters. The van der Waals surface area contributed by atoms with Gasteiger partial charge >= 0.3 is 6.18 Å². The lowest BCUT2D eigenvalue weighted by atomic mass is 9.80. The molecule has 0 radical (unpaired) electrons. The van der Waals surface area contributed by atoms with E-state index >= 15 is 0 Å². The van der Waals surface area contributed by atoms with Crippen LogP contribution in [-0.2, 0) is 10.4 Å². The second kappa shape index (κ2) is 7.69. The van der Waals surface area contributed by atoms with Crippen molar-refractivity contribution in [2.24, 2.45) is 5.73 Å². The predicted molar refractivity (Wildman–Crippen MR) is 91.3 cm³/mol. The maximum Gasteiger partial charge on any atom is 0.423 e. The molecule has 0 fully saturated rings. The second-order valence-electron chi connectivity index (χ2n) is 5.97. The molecule has 0 saturated heterocycles. The monoisotopic (exact) mass is 403 g/mol. The molecule has 6 nitrogen and oxygen atoms in total. The number of hydrogen-bond acceptors (Lipinski definition) is 5. The van der Waals surface area contributed by atoms with Crippen LogP contribution in [0.3, 0.4) is 0 Å². The first-order valence-electron chi connectivity index (χ1n) is 7.75. The lowest BCUT2D eigenvalue weighted by Gasteiger charge is -2.35. The fourth-order valence-electron chi connectivity index (χ4n) is 2.53. The summed E-state index contributed by atoms with van der Waals surface area (Å²) in [6.07, 6.45) is -3.01. The average Bonchev–Trinajstić information content (AvgIpc) is 2.58. The molecule has 0 aliphatic rings. The van der Waals surface area contributed by atoms with Crippen molar-refractivity contribution in [1.29, 1.82) is 0 Å². The van der Waals surface area contributed by atoms with E-state index in [2.05, 4.69) is 9.97 Å². The molecular formula is C17H17ClF3N3O3. The zero-order chi connectivity index (χ0) is 20.4. The van der Waals surface area contributed by atoms with E-state index in [-0.39, 0.29) is 16.3 Å². The van der Waals surface area contributed by atoms with Gasteiger partial charge in [0.05, 0.1) is 11.9 Å². The summed E-state index contributed by atoms with van der Waals surface area (Å²) in [5.74, 6) is -2.07. The van der Waals surface area contributed by atoms with Gasteiger partial charge in [0.15, 0.2) is 6.61 Å². The predicted octanol–water partition coefficient (Wildman–Crippen LogP) is 2.86. The number of halogens is 4. The van der Waals surface area contributed by atoms with Crippen LogP contribution in [0.2, 0.25) is 5.02 Å². The Labute approximate surface area is 158 Å². The van der Waals surface area contributed by atoms with E-state index in [0.717, 1.165) is 12.4 Å². The van der Waals surface area contributed by atoms with Crippen LogP contribution in [0.15, 0.2) is 30.6 Å². The summed E-state index contributed by atoms with van der Waals surface area (Å²) in [6.45, 7) is 2.34. The van der Waals surface area contributed by atoms with Crippen LogP contribution < -0.4 is 10.5 Å². The molecule has 0 bridgehead atoms. The minimum absolute atomic E-state index is 0.0188. The van der Waals surface area contributed by atoms with Gasteiger partial charge in [-0.15, -0.1) is 0 Å². The fourth-order valence-corrected chi connectivity index (χ4v) is 2.86. The Bertz CT molecular complexity index is 830. The lowest BCUT2D eigenvalue weighted by Crippen LogP contribution is -2.47. The zero-order valence-corrected chi connectivity index (χ0v) is 15.2. The molecule has 10 heteroatoms. The summed E-state index contributed by atoms with van der Waals surface area (Å²) in [5.41, 5.74) is 1.44. The number of aryl methyl sites for hydroxylation is 1. The topological polar surface area (TPSA) is 98.3 Å². The maximum atomic E-state index is 13.8. The van der Waals surface area contributed by atoms with Crippen molar-refractivity contribution in [3.63, 3.8) is 0 Å². The molecule has 1 aromatic carbocycles. The van der Waals surface area contributed by atoms with E-state index in [1.807, 2.05) is 0 Å². The van der Waals surface area contributed by atoms with E-state index in [1.165, 1.54) is 25.1 Å². The Hall–Kier alpha value is -2.39. The standard InChI is InChI=1S/C17H17ClF3N3O3/c1-9-6-24-14(7-23-9)16(26,17(19,20)21)10(2)12-4-3-11(5-13(12)18)27-8-15(22)25/h3-7,10,26H,8H2,1-2H3,(H2,22,25). The number of carbonyl (C=O) groups is 1. The van der Waals surface area contributed by atoms with Crippen LogP contribution >= 0.6 is 11.6 Å². The number of rotatable bonds is 6. The van der Waals surface area contributed by atoms with Gasteiger partial charge in [0.25, 0.3) is 5.91 Å². The van der Waals surface area contributed by atoms with E-state index < -0.39 is 35.9 Å². The van der Waals surface area contributed by atoms with E-state index in [4.69, 9.17) is 22.1 Å². The quantitative estimate of drug-likeness (QED) is 0.772. The number of carbonyl (C=O) groups excluding carboxylic acids is 1. The number of aromatic nitrogens is 2. The van der Waals surface area contributed by atoms with Crippen LogP contribution in [-0.4, -0.2) is 33.8 Å². The summed E-state index contributed by atoms with van der Waals surface area (Å²) in [7, 11) is 0. The van der Waals surface area contributed by atoms with Crippen LogP contribution in [0.4, 0.5) is 13.2 Å². The largest absolute Gasteiger partial charge is 0.484 e. The molecule has 2 aromatic rings. The molecule has 3 N–H and O–H groups in total. The highest BCUT2D eigenvalue weighted by Gasteiger charge is 2.60. The van der Waals surface area contributed by atoms with Crippen molar-refractivity contribution in [3.05, 3.63) is 52.6 Å². The van der Waals surface area contributed by atoms with Gasteiger partial charge in [-0.05, 0) is 24.6 Å². The van der Waals surface area contributed by atoms with E-state index in [0.29, 0.717) is 5.69 Å². The summed E-state index contributed by atoms with van der Waals surface area (Å²) in [5, 5.41) is 10.5. The molecule has 146 valence electrons. The van der Waals surface area contributed by atoms with Crippen molar-refractivity contribution in [2.45, 2.75) is 31.5 Å². The fraction of sp³-hybridized carbons (Fsp3) is 0.353. The van der Waals surface area contributed by atoms with Crippen LogP contribution in [0.5, 0.6) is 5.75 Å². The average molecular weight is 404 g/mol. The smallest absolute Gasteiger partial charge is 0.423 e. The molecule has 0 saturated carbocycles. The first kappa shape index (κ1) is 20.9. The Balaban J connectivity index is 2.45. The van der Waals surface area contributed by atoms with Gasteiger partial charge in [0.2, 0.25) is 5.60 Å². The van der Waals surface area contributed by atoms with Gasteiger partial charge < -0.3 is 15.6 Å². The Kier molecular flexibility index (Phi) is 5.96. The molecule has 2 unspecified atom stereocenters. The summed E-state index contributed by atoms with van der Waals surface area (Å²) in [6, 6.07) is 3.86. The first-order valence-corrected chi connectivity index (χ1v) is 8.13. The van der Waals surface area contributed by atoms with Crippen molar-refractivity contribution in [3.8, 4) is 5.75 Å². The zero-order valence-electron chi connectivity index (χ0n) is 14.4. The van der Waals surface area contributed by atoms with Crippen molar-refractivity contribution in [1.82, 2.24) is 9.97 Å². The molecule has 2 rings (SSSR count). The van der Waals surface area contributed by atoms with Crippen LogP contribution in [0, 0.1) is 6.92 Å². The minimum Gasteiger partial charge on any atom is -0.484 e. The van der Waals surface area contributed by atoms with Crippen molar-refractivity contribution in [2.75, 3.05) is 6.61 Å². The molecule has 0 spiro atoms. The first-order chi connectivity index (χ1) is 12.5. The Morgan fingerprint density at radius 1 is 1.33 bits per heavy atom. The molecule has 0 aliphatic carbocycles. The number of alkyl halides is 3. The van der Waals surface area contributed by atoms with Gasteiger partial charge in [-0.3, -0.25) is 14.8 Å². The third-order valence-electron chi connectivity index (χ3n) is 4.05. The van der Waals surface area contributed by atoms with Gasteiger partial charge in [-0.1, -0.05) is 24.6 Å². The van der Waals surface area contributed by atoms with E-state index in [1.54, 1.807) is 6.92 Å². The highest BCUT2D eigenvalue weighted by molar-refractivity contribution is 6.31. The lowest BCUT2D eigenvalue weighted by molar-refractivity contribution is -0.276. The number of aliphatic hydroxyl groups is 1. The highest BCUT2D eigenvalue weighted by Crippen LogP contribution is 2.49. The number of nitrogens with zero attached hydrogens (tertiary/aromatic N) is 2. The molecule has 1 amide bonds. The minimum atomic E-state index is -5.04. The number of amides is 1. The van der Waals surface area contributed by atoms with E-state index in [9.17, 15) is 23.1 Å². The Morgan fingerprint density at radius 3 is 2.48 bits per heavy atom. The number of primary amides is 1. The number of ether oxygens (including phenoxy) is 1. The third kappa shape index (κ3) is 4.30. The third-order valence-corrected chi connectivity index (χ3v) is 4.38. The normalized spacial score (nSPS) is 15.1. The molecular weight excluding hydrogens is 387 g/mol. The number of benzene rings is 1. The summed E-state index contributed by atoms with van der Waals surface area (Å²) >= 11 is 6.10. The molecule has 1 heterocycles. The van der Waals surface area contributed by atoms with Gasteiger partial charge in [-0.25, -0.2) is 0 Å². The summed E-state index contributed by atoms with van der Waals surface area (Å²) < 4.78 is 46.5. The molecule has 1 aromatic heterocycles. The SMILES string of the molecule is Cc1cnc(C(O)(C(C)c2ccc(OCC(N)=O)cc2Cl)C(F)(F)F)cn1.